The molecule has 2 nitrogen and oxygen atoms in total. The molecule has 0 saturated carbocycles. The van der Waals surface area contributed by atoms with Crippen LogP contribution in [0.2, 0.25) is 0 Å². The van der Waals surface area contributed by atoms with Crippen LogP contribution >= 0.6 is 27.3 Å². The minimum Gasteiger partial charge on any atom is -0.380 e. The molecule has 0 spiro atoms. The van der Waals surface area contributed by atoms with Crippen LogP contribution in [0.4, 0.5) is 10.1 Å². The molecule has 0 unspecified atom stereocenters. The lowest BCUT2D eigenvalue weighted by Crippen LogP contribution is -2.00. The zero-order valence-corrected chi connectivity index (χ0v) is 12.7. The number of hydrogen-bond acceptors (Lipinski definition) is 3. The highest BCUT2D eigenvalue weighted by Gasteiger charge is 2.06. The molecule has 0 fully saturated rings. The fourth-order valence-corrected chi connectivity index (χ4v) is 2.87. The summed E-state index contributed by atoms with van der Waals surface area (Å²) in [6.07, 6.45) is 2.83. The number of aromatic nitrogens is 1. The van der Waals surface area contributed by atoms with Gasteiger partial charge in [0.2, 0.25) is 0 Å². The standard InChI is InChI=1S/C13H14BrFN2S/c1-3-13-17-7-9(18-13)6-16-12-5-11(15)10(14)4-8(12)2/h4-5,7,16H,3,6H2,1-2H3. The van der Waals surface area contributed by atoms with Crippen molar-refractivity contribution < 1.29 is 4.39 Å². The van der Waals surface area contributed by atoms with Crippen LogP contribution < -0.4 is 5.32 Å². The first-order valence-electron chi connectivity index (χ1n) is 5.73. The van der Waals surface area contributed by atoms with Gasteiger partial charge in [0.1, 0.15) is 5.82 Å². The molecule has 18 heavy (non-hydrogen) atoms. The third-order valence-corrected chi connectivity index (χ3v) is 4.37. The summed E-state index contributed by atoms with van der Waals surface area (Å²) in [5.41, 5.74) is 1.84. The summed E-state index contributed by atoms with van der Waals surface area (Å²) in [7, 11) is 0. The Morgan fingerprint density at radius 3 is 2.89 bits per heavy atom. The Bertz CT molecular complexity index is 554. The SMILES string of the molecule is CCc1ncc(CNc2cc(F)c(Br)cc2C)s1. The van der Waals surface area contributed by atoms with E-state index >= 15 is 0 Å². The van der Waals surface area contributed by atoms with Gasteiger partial charge in [0.05, 0.1) is 16.0 Å². The Morgan fingerprint density at radius 1 is 1.44 bits per heavy atom. The number of halogens is 2. The molecule has 5 heteroatoms. The van der Waals surface area contributed by atoms with Crippen molar-refractivity contribution in [3.8, 4) is 0 Å². The highest BCUT2D eigenvalue weighted by atomic mass is 79.9. The van der Waals surface area contributed by atoms with Crippen LogP contribution in [0.15, 0.2) is 22.8 Å². The van der Waals surface area contributed by atoms with Crippen molar-refractivity contribution in [3.05, 3.63) is 44.1 Å². The van der Waals surface area contributed by atoms with Crippen LogP contribution in [-0.2, 0) is 13.0 Å². The molecule has 1 heterocycles. The van der Waals surface area contributed by atoms with Gasteiger partial charge in [-0.15, -0.1) is 11.3 Å². The minimum absolute atomic E-state index is 0.248. The zero-order valence-electron chi connectivity index (χ0n) is 10.3. The maximum atomic E-state index is 13.4. The molecule has 2 aromatic rings. The van der Waals surface area contributed by atoms with Crippen molar-refractivity contribution >= 4 is 33.0 Å². The van der Waals surface area contributed by atoms with Gasteiger partial charge >= 0.3 is 0 Å². The van der Waals surface area contributed by atoms with E-state index in [2.05, 4.69) is 33.2 Å². The molecular formula is C13H14BrFN2S. The largest absolute Gasteiger partial charge is 0.380 e. The van der Waals surface area contributed by atoms with Crippen LogP contribution in [0, 0.1) is 12.7 Å². The average Bonchev–Trinajstić information content (AvgIpc) is 2.80. The molecule has 1 N–H and O–H groups in total. The van der Waals surface area contributed by atoms with Crippen molar-refractivity contribution in [2.45, 2.75) is 26.8 Å². The van der Waals surface area contributed by atoms with Gasteiger partial charge in [-0.05, 0) is 47.0 Å². The summed E-state index contributed by atoms with van der Waals surface area (Å²) in [6.45, 7) is 4.72. The second kappa shape index (κ2) is 5.80. The molecule has 0 amide bonds. The molecule has 96 valence electrons. The predicted octanol–water partition coefficient (Wildman–Crippen LogP) is 4.53. The first-order chi connectivity index (χ1) is 8.60. The van der Waals surface area contributed by atoms with Gasteiger partial charge in [-0.1, -0.05) is 6.92 Å². The maximum absolute atomic E-state index is 13.4. The number of anilines is 1. The smallest absolute Gasteiger partial charge is 0.139 e. The molecule has 0 aliphatic heterocycles. The molecule has 1 aromatic heterocycles. The minimum atomic E-state index is -0.248. The fourth-order valence-electron chi connectivity index (χ4n) is 1.61. The molecule has 0 aliphatic rings. The monoisotopic (exact) mass is 328 g/mol. The summed E-state index contributed by atoms with van der Waals surface area (Å²) in [5, 5.41) is 4.37. The molecule has 0 radical (unpaired) electrons. The van der Waals surface area contributed by atoms with Crippen molar-refractivity contribution in [2.24, 2.45) is 0 Å². The summed E-state index contributed by atoms with van der Waals surface area (Å²) in [5.74, 6) is -0.248. The Hall–Kier alpha value is -0.940. The molecule has 1 aromatic carbocycles. The fraction of sp³-hybridized carbons (Fsp3) is 0.308. The first kappa shape index (κ1) is 13.5. The Morgan fingerprint density at radius 2 is 2.22 bits per heavy atom. The van der Waals surface area contributed by atoms with E-state index < -0.39 is 0 Å². The van der Waals surface area contributed by atoms with Gasteiger partial charge in [0, 0.05) is 16.8 Å². The second-order valence-electron chi connectivity index (χ2n) is 4.01. The van der Waals surface area contributed by atoms with Crippen LogP contribution in [-0.4, -0.2) is 4.98 Å². The Labute approximate surface area is 118 Å². The quantitative estimate of drug-likeness (QED) is 0.891. The third kappa shape index (κ3) is 3.09. The lowest BCUT2D eigenvalue weighted by atomic mass is 10.2. The van der Waals surface area contributed by atoms with E-state index in [9.17, 15) is 4.39 Å². The van der Waals surface area contributed by atoms with Gasteiger partial charge in [0.15, 0.2) is 0 Å². The third-order valence-electron chi connectivity index (χ3n) is 2.62. The number of nitrogens with one attached hydrogen (secondary N) is 1. The first-order valence-corrected chi connectivity index (χ1v) is 7.34. The normalized spacial score (nSPS) is 10.7. The van der Waals surface area contributed by atoms with Gasteiger partial charge in [-0.25, -0.2) is 9.37 Å². The van der Waals surface area contributed by atoms with Crippen molar-refractivity contribution in [3.63, 3.8) is 0 Å². The van der Waals surface area contributed by atoms with E-state index in [1.165, 1.54) is 6.07 Å². The van der Waals surface area contributed by atoms with E-state index in [1.54, 1.807) is 17.4 Å². The number of aryl methyl sites for hydroxylation is 2. The van der Waals surface area contributed by atoms with Crippen molar-refractivity contribution in [2.75, 3.05) is 5.32 Å². The maximum Gasteiger partial charge on any atom is 0.139 e. The summed E-state index contributed by atoms with van der Waals surface area (Å²) >= 11 is 4.87. The van der Waals surface area contributed by atoms with E-state index in [-0.39, 0.29) is 5.82 Å². The zero-order chi connectivity index (χ0) is 13.1. The van der Waals surface area contributed by atoms with Gasteiger partial charge in [0.25, 0.3) is 0 Å². The lowest BCUT2D eigenvalue weighted by Gasteiger charge is -2.09. The number of benzene rings is 1. The highest BCUT2D eigenvalue weighted by molar-refractivity contribution is 9.10. The Kier molecular flexibility index (Phi) is 4.35. The molecule has 2 rings (SSSR count). The van der Waals surface area contributed by atoms with E-state index in [0.29, 0.717) is 11.0 Å². The van der Waals surface area contributed by atoms with E-state index in [1.807, 2.05) is 13.1 Å². The topological polar surface area (TPSA) is 24.9 Å². The number of nitrogens with zero attached hydrogens (tertiary/aromatic N) is 1. The number of rotatable bonds is 4. The lowest BCUT2D eigenvalue weighted by molar-refractivity contribution is 0.621. The van der Waals surface area contributed by atoms with E-state index in [4.69, 9.17) is 0 Å². The number of thiazole rings is 1. The second-order valence-corrected chi connectivity index (χ2v) is 6.06. The summed E-state index contributed by atoms with van der Waals surface area (Å²) in [4.78, 5) is 5.46. The summed E-state index contributed by atoms with van der Waals surface area (Å²) in [6, 6.07) is 3.29. The van der Waals surface area contributed by atoms with Gasteiger partial charge in [-0.2, -0.15) is 0 Å². The van der Waals surface area contributed by atoms with Crippen LogP contribution in [0.25, 0.3) is 0 Å². The van der Waals surface area contributed by atoms with Crippen molar-refractivity contribution in [1.29, 1.82) is 0 Å². The van der Waals surface area contributed by atoms with Crippen LogP contribution in [0.5, 0.6) is 0 Å². The molecule has 0 aliphatic carbocycles. The van der Waals surface area contributed by atoms with E-state index in [0.717, 1.165) is 27.6 Å². The van der Waals surface area contributed by atoms with Gasteiger partial charge < -0.3 is 5.32 Å². The van der Waals surface area contributed by atoms with Crippen LogP contribution in [0.3, 0.4) is 0 Å². The molecular weight excluding hydrogens is 315 g/mol. The molecule has 0 atom stereocenters. The van der Waals surface area contributed by atoms with Crippen molar-refractivity contribution in [1.82, 2.24) is 4.98 Å². The highest BCUT2D eigenvalue weighted by Crippen LogP contribution is 2.25. The molecule has 0 saturated heterocycles. The summed E-state index contributed by atoms with van der Waals surface area (Å²) < 4.78 is 13.9. The number of hydrogen-bond donors (Lipinski definition) is 1. The predicted molar refractivity (Wildman–Crippen MR) is 77.7 cm³/mol. The van der Waals surface area contributed by atoms with Crippen LogP contribution in [0.1, 0.15) is 22.4 Å². The molecule has 0 bridgehead atoms. The Balaban J connectivity index is 2.08. The van der Waals surface area contributed by atoms with Gasteiger partial charge in [-0.3, -0.25) is 0 Å². The average molecular weight is 329 g/mol.